The van der Waals surface area contributed by atoms with Crippen molar-refractivity contribution in [3.63, 3.8) is 0 Å². The van der Waals surface area contributed by atoms with Crippen LogP contribution < -0.4 is 5.73 Å². The van der Waals surface area contributed by atoms with Crippen molar-refractivity contribution < 1.29 is 74.7 Å². The molecule has 3 heterocycles. The minimum Gasteiger partial charge on any atom is -0.394 e. The number of aliphatic hydroxyl groups excluding tert-OH is 10. The van der Waals surface area contributed by atoms with E-state index in [1.54, 1.807) is 0 Å². The maximum atomic E-state index is 10.7. The van der Waals surface area contributed by atoms with Gasteiger partial charge in [0.1, 0.15) is 67.1 Å². The summed E-state index contributed by atoms with van der Waals surface area (Å²) in [5, 5.41) is 99.7. The van der Waals surface area contributed by atoms with E-state index in [9.17, 15) is 51.1 Å². The fraction of sp³-hybridized carbons (Fsp3) is 1.00. The summed E-state index contributed by atoms with van der Waals surface area (Å²) in [5.41, 5.74) is 5.50. The van der Waals surface area contributed by atoms with Crippen molar-refractivity contribution in [1.82, 2.24) is 0 Å². The van der Waals surface area contributed by atoms with Gasteiger partial charge in [-0.15, -0.1) is 0 Å². The third kappa shape index (κ3) is 5.52. The lowest BCUT2D eigenvalue weighted by Crippen LogP contribution is -2.65. The molecule has 0 amide bonds. The molecule has 16 nitrogen and oxygen atoms in total. The van der Waals surface area contributed by atoms with Gasteiger partial charge >= 0.3 is 0 Å². The quantitative estimate of drug-likeness (QED) is 0.154. The Hall–Kier alpha value is -0.640. The highest BCUT2D eigenvalue weighted by Gasteiger charge is 2.51. The van der Waals surface area contributed by atoms with Gasteiger partial charge < -0.3 is 80.5 Å². The highest BCUT2D eigenvalue weighted by molar-refractivity contribution is 4.95. The Labute approximate surface area is 193 Å². The van der Waals surface area contributed by atoms with Gasteiger partial charge in [-0.25, -0.2) is 0 Å². The van der Waals surface area contributed by atoms with E-state index in [1.807, 2.05) is 0 Å². The summed E-state index contributed by atoms with van der Waals surface area (Å²) in [6.45, 7) is -2.03. The number of hydrogen-bond acceptors (Lipinski definition) is 16. The van der Waals surface area contributed by atoms with Crippen LogP contribution in [0.15, 0.2) is 0 Å². The van der Waals surface area contributed by atoms with Crippen LogP contribution in [0.25, 0.3) is 0 Å². The number of nitrogens with two attached hydrogens (primary N) is 1. The molecule has 3 saturated heterocycles. The van der Waals surface area contributed by atoms with Gasteiger partial charge in [-0.3, -0.25) is 0 Å². The van der Waals surface area contributed by atoms with Crippen LogP contribution in [-0.4, -0.2) is 163 Å². The van der Waals surface area contributed by atoms with E-state index >= 15 is 0 Å². The second-order valence-electron chi connectivity index (χ2n) is 8.46. The normalized spacial score (nSPS) is 52.5. The van der Waals surface area contributed by atoms with Crippen LogP contribution in [0.1, 0.15) is 0 Å². The zero-order valence-electron chi connectivity index (χ0n) is 17.9. The molecule has 0 spiro atoms. The van der Waals surface area contributed by atoms with E-state index in [0.717, 1.165) is 0 Å². The molecule has 3 fully saturated rings. The lowest BCUT2D eigenvalue weighted by atomic mass is 9.96. The maximum absolute atomic E-state index is 10.7. The van der Waals surface area contributed by atoms with Crippen molar-refractivity contribution in [1.29, 1.82) is 0 Å². The van der Waals surface area contributed by atoms with Crippen LogP contribution in [0.2, 0.25) is 0 Å². The first kappa shape index (κ1) is 27.9. The Kier molecular flexibility index (Phi) is 9.54. The number of ether oxygens (including phenoxy) is 5. The Morgan fingerprint density at radius 3 is 1.76 bits per heavy atom. The number of aliphatic hydroxyl groups is 10. The van der Waals surface area contributed by atoms with Gasteiger partial charge in [0.05, 0.1) is 25.9 Å². The molecule has 0 bridgehead atoms. The van der Waals surface area contributed by atoms with Gasteiger partial charge in [-0.1, -0.05) is 0 Å². The van der Waals surface area contributed by atoms with Crippen LogP contribution in [0, 0.1) is 0 Å². The molecule has 200 valence electrons. The second kappa shape index (κ2) is 11.6. The molecule has 3 aliphatic heterocycles. The summed E-state index contributed by atoms with van der Waals surface area (Å²) in [5.74, 6) is 0. The monoisotopic (exact) mass is 503 g/mol. The van der Waals surface area contributed by atoms with E-state index in [-0.39, 0.29) is 0 Å². The van der Waals surface area contributed by atoms with E-state index in [2.05, 4.69) is 0 Å². The van der Waals surface area contributed by atoms with E-state index < -0.39 is 112 Å². The SMILES string of the molecule is N[C@@H]1[C@@H](O)[C@H](O)[C@@H](CO[C@H]2O[C@H](CO)[C@@H](O)[C@H](O[C@H]3O[C@H](CO)[C@@H](O)[C@H](O)[C@@H]3O)[C@@H]2O)O[C@@H]1O. The van der Waals surface area contributed by atoms with Gasteiger partial charge in [0.2, 0.25) is 0 Å². The minimum atomic E-state index is -1.83. The fourth-order valence-electron chi connectivity index (χ4n) is 3.98. The zero-order chi connectivity index (χ0) is 25.3. The first-order valence-corrected chi connectivity index (χ1v) is 10.7. The van der Waals surface area contributed by atoms with Gasteiger partial charge in [0, 0.05) is 0 Å². The molecular weight excluding hydrogens is 470 g/mol. The standard InChI is InChI=1S/C18H33NO15/c19-7-11(25)9(23)6(31-16(7)29)3-30-17-14(28)15(10(24)5(2-21)32-17)34-18-13(27)12(26)8(22)4(1-20)33-18/h4-18,20-29H,1-3,19H2/t4-,5-,6-,7-,8-,9-,10-,11-,12+,13+,14+,15+,16+,17+,18-/m1/s1. The van der Waals surface area contributed by atoms with Crippen molar-refractivity contribution in [2.75, 3.05) is 19.8 Å². The maximum Gasteiger partial charge on any atom is 0.187 e. The molecule has 0 aliphatic carbocycles. The first-order valence-electron chi connectivity index (χ1n) is 10.7. The number of rotatable bonds is 7. The highest BCUT2D eigenvalue weighted by atomic mass is 16.7. The predicted octanol–water partition coefficient (Wildman–Crippen LogP) is -7.61. The van der Waals surface area contributed by atoms with Crippen LogP contribution >= 0.6 is 0 Å². The van der Waals surface area contributed by atoms with Gasteiger partial charge in [-0.05, 0) is 0 Å². The fourth-order valence-corrected chi connectivity index (χ4v) is 3.98. The predicted molar refractivity (Wildman–Crippen MR) is 103 cm³/mol. The van der Waals surface area contributed by atoms with Crippen LogP contribution in [-0.2, 0) is 23.7 Å². The largest absolute Gasteiger partial charge is 0.394 e. The summed E-state index contributed by atoms with van der Waals surface area (Å²) in [6, 6.07) is -1.27. The average Bonchev–Trinajstić information content (AvgIpc) is 2.82. The van der Waals surface area contributed by atoms with Gasteiger partial charge in [0.25, 0.3) is 0 Å². The topological polar surface area (TPSA) is 274 Å². The van der Waals surface area contributed by atoms with Crippen molar-refractivity contribution in [2.45, 2.75) is 92.1 Å². The Morgan fingerprint density at radius 1 is 0.588 bits per heavy atom. The molecular formula is C18H33NO15. The van der Waals surface area contributed by atoms with Crippen molar-refractivity contribution in [3.05, 3.63) is 0 Å². The summed E-state index contributed by atoms with van der Waals surface area (Å²) < 4.78 is 26.5. The van der Waals surface area contributed by atoms with Crippen LogP contribution in [0.4, 0.5) is 0 Å². The third-order valence-corrected chi connectivity index (χ3v) is 6.15. The van der Waals surface area contributed by atoms with Gasteiger partial charge in [0.15, 0.2) is 18.9 Å². The average molecular weight is 503 g/mol. The lowest BCUT2D eigenvalue weighted by molar-refractivity contribution is -0.363. The van der Waals surface area contributed by atoms with Gasteiger partial charge in [-0.2, -0.15) is 0 Å². The lowest BCUT2D eigenvalue weighted by Gasteiger charge is -2.46. The second-order valence-corrected chi connectivity index (χ2v) is 8.46. The Morgan fingerprint density at radius 2 is 1.15 bits per heavy atom. The molecule has 0 unspecified atom stereocenters. The van der Waals surface area contributed by atoms with Crippen molar-refractivity contribution in [2.24, 2.45) is 5.73 Å². The molecule has 0 aromatic carbocycles. The van der Waals surface area contributed by atoms with Crippen LogP contribution in [0.5, 0.6) is 0 Å². The molecule has 0 aromatic heterocycles. The Bertz CT molecular complexity index is 644. The highest BCUT2D eigenvalue weighted by Crippen LogP contribution is 2.30. The number of hydrogen-bond donors (Lipinski definition) is 11. The molecule has 0 radical (unpaired) electrons. The molecule has 34 heavy (non-hydrogen) atoms. The summed E-state index contributed by atoms with van der Waals surface area (Å²) in [4.78, 5) is 0. The molecule has 12 N–H and O–H groups in total. The zero-order valence-corrected chi connectivity index (χ0v) is 17.9. The molecule has 0 aromatic rings. The molecule has 0 saturated carbocycles. The summed E-state index contributed by atoms with van der Waals surface area (Å²) in [6.07, 6.45) is -22.3. The molecule has 16 heteroatoms. The molecule has 3 rings (SSSR count). The molecule has 3 aliphatic rings. The Balaban J connectivity index is 1.68. The third-order valence-electron chi connectivity index (χ3n) is 6.15. The first-order chi connectivity index (χ1) is 16.0. The van der Waals surface area contributed by atoms with E-state index in [4.69, 9.17) is 29.4 Å². The minimum absolute atomic E-state index is 0.537. The summed E-state index contributed by atoms with van der Waals surface area (Å²) in [7, 11) is 0. The summed E-state index contributed by atoms with van der Waals surface area (Å²) >= 11 is 0. The van der Waals surface area contributed by atoms with Crippen LogP contribution in [0.3, 0.4) is 0 Å². The molecule has 15 atom stereocenters. The van der Waals surface area contributed by atoms with E-state index in [0.29, 0.717) is 0 Å². The smallest absolute Gasteiger partial charge is 0.187 e. The van der Waals surface area contributed by atoms with E-state index in [1.165, 1.54) is 0 Å². The van der Waals surface area contributed by atoms with Crippen molar-refractivity contribution >= 4 is 0 Å². The van der Waals surface area contributed by atoms with Crippen molar-refractivity contribution in [3.8, 4) is 0 Å².